The standard InChI is InChI=1S/C44H55F2NO6/c1-30-8-6-19-43(2)39(37-16-13-32(22-34(48)15-12-30)23-38(37)42(50)33-14-17-40(45)41(46)24-33)18-20-44(43,51)29-47(26-36-11-7-21-53-36)25-35(49)28-52-27-31-9-4-3-5-10-31/h3-5,8-10,13-14,16-17,23-24,34-36,39,48-49,51H,6-7,11-12,15,18-22,25-29H2,1-2H3/t34-,35+,36+,39-,43-,44+/m0/s1. The van der Waals surface area contributed by atoms with Crippen molar-refractivity contribution in [1.82, 2.24) is 4.90 Å². The second-order valence-electron chi connectivity index (χ2n) is 15.9. The van der Waals surface area contributed by atoms with Crippen LogP contribution in [-0.4, -0.2) is 82.8 Å². The monoisotopic (exact) mass is 731 g/mol. The van der Waals surface area contributed by atoms with Crippen LogP contribution in [0.25, 0.3) is 0 Å². The Balaban J connectivity index is 1.32. The van der Waals surface area contributed by atoms with Gasteiger partial charge < -0.3 is 24.8 Å². The minimum Gasteiger partial charge on any atom is -0.393 e. The third kappa shape index (κ3) is 9.50. The number of carbonyl (C=O) groups is 1. The van der Waals surface area contributed by atoms with Crippen molar-refractivity contribution >= 4 is 5.78 Å². The van der Waals surface area contributed by atoms with E-state index in [9.17, 15) is 28.9 Å². The molecule has 7 nitrogen and oxygen atoms in total. The Hall–Kier alpha value is -3.31. The van der Waals surface area contributed by atoms with Crippen LogP contribution in [0, 0.1) is 17.0 Å². The van der Waals surface area contributed by atoms with E-state index in [2.05, 4.69) is 24.8 Å². The van der Waals surface area contributed by atoms with Crippen LogP contribution in [0.5, 0.6) is 0 Å². The van der Waals surface area contributed by atoms with Crippen LogP contribution in [0.3, 0.4) is 0 Å². The molecule has 2 fully saturated rings. The lowest BCUT2D eigenvalue weighted by Gasteiger charge is -2.46. The second-order valence-corrected chi connectivity index (χ2v) is 15.9. The van der Waals surface area contributed by atoms with E-state index >= 15 is 0 Å². The molecule has 9 heteroatoms. The first-order chi connectivity index (χ1) is 25.4. The number of benzene rings is 3. The molecule has 0 aromatic heterocycles. The van der Waals surface area contributed by atoms with Crippen molar-refractivity contribution in [1.29, 1.82) is 0 Å². The predicted molar refractivity (Wildman–Crippen MR) is 201 cm³/mol. The van der Waals surface area contributed by atoms with E-state index in [1.165, 1.54) is 11.6 Å². The van der Waals surface area contributed by atoms with Crippen molar-refractivity contribution in [3.8, 4) is 0 Å². The lowest BCUT2D eigenvalue weighted by atomic mass is 9.64. The van der Waals surface area contributed by atoms with E-state index in [-0.39, 0.29) is 24.2 Å². The second kappa shape index (κ2) is 17.4. The number of rotatable bonds is 12. The Labute approximate surface area is 312 Å². The minimum atomic E-state index is -1.20. The molecular formula is C44H55F2NO6. The summed E-state index contributed by atoms with van der Waals surface area (Å²) in [6.07, 6.45) is 6.74. The number of halogens is 2. The number of allylic oxidation sites excluding steroid dienone is 2. The van der Waals surface area contributed by atoms with Crippen molar-refractivity contribution in [3.05, 3.63) is 118 Å². The van der Waals surface area contributed by atoms with Crippen molar-refractivity contribution in [2.75, 3.05) is 32.8 Å². The van der Waals surface area contributed by atoms with Gasteiger partial charge in [-0.15, -0.1) is 0 Å². The zero-order valence-electron chi connectivity index (χ0n) is 31.1. The highest BCUT2D eigenvalue weighted by Crippen LogP contribution is 2.59. The molecule has 3 aliphatic carbocycles. The highest BCUT2D eigenvalue weighted by Gasteiger charge is 2.57. The van der Waals surface area contributed by atoms with E-state index in [4.69, 9.17) is 9.47 Å². The van der Waals surface area contributed by atoms with Crippen LogP contribution < -0.4 is 0 Å². The Morgan fingerprint density at radius 3 is 2.60 bits per heavy atom. The van der Waals surface area contributed by atoms with Crippen molar-refractivity contribution in [2.45, 2.75) is 108 Å². The van der Waals surface area contributed by atoms with Gasteiger partial charge in [0.15, 0.2) is 17.4 Å². The summed E-state index contributed by atoms with van der Waals surface area (Å²) in [5, 5.41) is 35.1. The van der Waals surface area contributed by atoms with Gasteiger partial charge in [0, 0.05) is 42.8 Å². The molecule has 1 aliphatic heterocycles. The van der Waals surface area contributed by atoms with E-state index in [1.54, 1.807) is 6.07 Å². The van der Waals surface area contributed by atoms with Gasteiger partial charge in [-0.3, -0.25) is 9.69 Å². The predicted octanol–water partition coefficient (Wildman–Crippen LogP) is 7.29. The average Bonchev–Trinajstić information content (AvgIpc) is 3.73. The van der Waals surface area contributed by atoms with Crippen molar-refractivity contribution < 1.29 is 38.4 Å². The molecule has 4 aliphatic rings. The summed E-state index contributed by atoms with van der Waals surface area (Å²) in [7, 11) is 0. The molecule has 2 bridgehead atoms. The maximum atomic E-state index is 14.4. The van der Waals surface area contributed by atoms with Gasteiger partial charge in [-0.1, -0.05) is 61.0 Å². The number of aliphatic hydroxyl groups is 3. The Morgan fingerprint density at radius 2 is 1.85 bits per heavy atom. The first-order valence-corrected chi connectivity index (χ1v) is 19.3. The quantitative estimate of drug-likeness (QED) is 0.133. The number of ether oxygens (including phenoxy) is 2. The molecule has 286 valence electrons. The number of aliphatic hydroxyl groups excluding tert-OH is 2. The fourth-order valence-electron chi connectivity index (χ4n) is 8.88. The topological polar surface area (TPSA) is 99.5 Å². The summed E-state index contributed by atoms with van der Waals surface area (Å²) in [6, 6.07) is 18.7. The highest BCUT2D eigenvalue weighted by molar-refractivity contribution is 6.10. The molecule has 0 spiro atoms. The van der Waals surface area contributed by atoms with Gasteiger partial charge >= 0.3 is 0 Å². The maximum absolute atomic E-state index is 14.4. The largest absolute Gasteiger partial charge is 0.393 e. The molecule has 1 saturated carbocycles. The van der Waals surface area contributed by atoms with Crippen LogP contribution in [0.2, 0.25) is 0 Å². The molecule has 3 N–H and O–H groups in total. The summed E-state index contributed by atoms with van der Waals surface area (Å²) in [4.78, 5) is 16.3. The molecule has 1 heterocycles. The molecule has 0 amide bonds. The first kappa shape index (κ1) is 39.4. The molecule has 1 saturated heterocycles. The first-order valence-electron chi connectivity index (χ1n) is 19.3. The van der Waals surface area contributed by atoms with Gasteiger partial charge in [-0.2, -0.15) is 0 Å². The molecule has 0 unspecified atom stereocenters. The minimum absolute atomic E-state index is 0.00107. The maximum Gasteiger partial charge on any atom is 0.193 e. The summed E-state index contributed by atoms with van der Waals surface area (Å²) in [5.41, 5.74) is 2.28. The summed E-state index contributed by atoms with van der Waals surface area (Å²) in [5.74, 6) is -2.77. The molecule has 6 atom stereocenters. The third-order valence-corrected chi connectivity index (χ3v) is 12.0. The number of nitrogens with zero attached hydrogens (tertiary/aromatic N) is 1. The number of fused-ring (bicyclic) bond motifs is 8. The number of hydrogen-bond acceptors (Lipinski definition) is 7. The van der Waals surface area contributed by atoms with E-state index in [1.807, 2.05) is 42.5 Å². The van der Waals surface area contributed by atoms with Gasteiger partial charge in [0.1, 0.15) is 0 Å². The fraction of sp³-hybridized carbons (Fsp3) is 0.523. The molecule has 7 rings (SSSR count). The Bertz CT molecular complexity index is 1730. The molecule has 0 radical (unpaired) electrons. The summed E-state index contributed by atoms with van der Waals surface area (Å²) in [6.45, 7) is 6.60. The Morgan fingerprint density at radius 1 is 1.04 bits per heavy atom. The zero-order chi connectivity index (χ0) is 37.6. The number of hydrogen-bond donors (Lipinski definition) is 3. The van der Waals surface area contributed by atoms with Crippen molar-refractivity contribution in [3.63, 3.8) is 0 Å². The molecule has 3 aromatic rings. The normalized spacial score (nSPS) is 27.0. The van der Waals surface area contributed by atoms with Gasteiger partial charge in [0.25, 0.3) is 0 Å². The van der Waals surface area contributed by atoms with Crippen LogP contribution in [0.15, 0.2) is 78.4 Å². The van der Waals surface area contributed by atoms with Gasteiger partial charge in [-0.25, -0.2) is 8.78 Å². The van der Waals surface area contributed by atoms with Crippen LogP contribution in [0.4, 0.5) is 8.78 Å². The third-order valence-electron chi connectivity index (χ3n) is 12.0. The van der Waals surface area contributed by atoms with Crippen LogP contribution >= 0.6 is 0 Å². The van der Waals surface area contributed by atoms with Crippen LogP contribution in [0.1, 0.15) is 104 Å². The molecular weight excluding hydrogens is 676 g/mol. The van der Waals surface area contributed by atoms with Gasteiger partial charge in [0.2, 0.25) is 0 Å². The fourth-order valence-corrected chi connectivity index (χ4v) is 8.88. The van der Waals surface area contributed by atoms with Gasteiger partial charge in [-0.05, 0) is 112 Å². The smallest absolute Gasteiger partial charge is 0.193 e. The van der Waals surface area contributed by atoms with E-state index in [0.717, 1.165) is 48.1 Å². The Kier molecular flexibility index (Phi) is 13.0. The average molecular weight is 732 g/mol. The molecule has 53 heavy (non-hydrogen) atoms. The number of ketones is 1. The van der Waals surface area contributed by atoms with Crippen molar-refractivity contribution in [2.24, 2.45) is 5.41 Å². The highest BCUT2D eigenvalue weighted by atomic mass is 19.2. The summed E-state index contributed by atoms with van der Waals surface area (Å²) < 4.78 is 40.3. The lowest BCUT2D eigenvalue weighted by Crippen LogP contribution is -2.55. The SMILES string of the molecule is CC1=CCC[C@@]2(C)[C@@H](CC[C@@]2(O)CN(C[C@@H](O)COCc2ccccc2)C[C@H]2CCCO2)c2ccc(cc2C(=O)c2ccc(F)c(F)c2)C[C@@H](O)CC1. The van der Waals surface area contributed by atoms with Crippen LogP contribution in [-0.2, 0) is 22.5 Å². The van der Waals surface area contributed by atoms with E-state index in [0.29, 0.717) is 76.9 Å². The zero-order valence-corrected chi connectivity index (χ0v) is 31.1. The van der Waals surface area contributed by atoms with Gasteiger partial charge in [0.05, 0.1) is 37.1 Å². The van der Waals surface area contributed by atoms with E-state index < -0.39 is 40.6 Å². The molecule has 3 aromatic carbocycles. The number of carbonyl (C=O) groups excluding carboxylic acids is 1. The lowest BCUT2D eigenvalue weighted by molar-refractivity contribution is -0.0961. The summed E-state index contributed by atoms with van der Waals surface area (Å²) >= 11 is 0.